The fourth-order valence-electron chi connectivity index (χ4n) is 4.36. The Morgan fingerprint density at radius 3 is 2.50 bits per heavy atom. The Hall–Kier alpha value is -1.92. The van der Waals surface area contributed by atoms with E-state index in [0.29, 0.717) is 19.0 Å². The highest BCUT2D eigenvalue weighted by molar-refractivity contribution is 5.81. The highest BCUT2D eigenvalue weighted by atomic mass is 16.5. The number of nitrogens with zero attached hydrogens (tertiary/aromatic N) is 2. The maximum absolute atomic E-state index is 12.8. The number of amides is 2. The second-order valence-electron chi connectivity index (χ2n) is 8.79. The molecule has 0 unspecified atom stereocenters. The second kappa shape index (κ2) is 7.84. The van der Waals surface area contributed by atoms with Crippen molar-refractivity contribution in [2.45, 2.75) is 50.9 Å². The molecule has 1 aromatic carbocycles. The van der Waals surface area contributed by atoms with Crippen LogP contribution in [-0.4, -0.2) is 66.5 Å². The number of likely N-dealkylation sites (tertiary alicyclic amines) is 1. The maximum atomic E-state index is 12.8. The SMILES string of the molecule is Cc1ccc(CNC(=O)[C@@H]2CN(C)CC3(CCN(C(=O)C4CC4)CC3)O2)cc1. The molecule has 2 saturated heterocycles. The monoisotopic (exact) mass is 385 g/mol. The van der Waals surface area contributed by atoms with Crippen LogP contribution in [0.4, 0.5) is 0 Å². The molecule has 3 fully saturated rings. The Morgan fingerprint density at radius 2 is 1.86 bits per heavy atom. The molecule has 1 saturated carbocycles. The number of ether oxygens (including phenoxy) is 1. The number of hydrogen-bond acceptors (Lipinski definition) is 4. The van der Waals surface area contributed by atoms with Crippen molar-refractivity contribution in [3.8, 4) is 0 Å². The van der Waals surface area contributed by atoms with Crippen molar-refractivity contribution in [2.24, 2.45) is 5.92 Å². The summed E-state index contributed by atoms with van der Waals surface area (Å²) in [6.45, 7) is 5.46. The largest absolute Gasteiger partial charge is 0.359 e. The van der Waals surface area contributed by atoms with Crippen molar-refractivity contribution in [3.05, 3.63) is 35.4 Å². The molecule has 4 rings (SSSR count). The van der Waals surface area contributed by atoms with Gasteiger partial charge < -0.3 is 19.9 Å². The van der Waals surface area contributed by atoms with Gasteiger partial charge in [0.05, 0.1) is 5.60 Å². The molecule has 3 aliphatic rings. The third kappa shape index (κ3) is 4.39. The van der Waals surface area contributed by atoms with Crippen molar-refractivity contribution in [1.29, 1.82) is 0 Å². The van der Waals surface area contributed by atoms with Crippen molar-refractivity contribution >= 4 is 11.8 Å². The first kappa shape index (κ1) is 19.4. The van der Waals surface area contributed by atoms with E-state index < -0.39 is 6.10 Å². The van der Waals surface area contributed by atoms with E-state index in [4.69, 9.17) is 4.74 Å². The zero-order valence-corrected chi connectivity index (χ0v) is 16.9. The third-order valence-corrected chi connectivity index (χ3v) is 6.22. The minimum Gasteiger partial charge on any atom is -0.359 e. The van der Waals surface area contributed by atoms with Gasteiger partial charge in [0, 0.05) is 38.6 Å². The molecule has 6 nitrogen and oxygen atoms in total. The summed E-state index contributed by atoms with van der Waals surface area (Å²) in [5.74, 6) is 0.527. The average Bonchev–Trinajstić information content (AvgIpc) is 3.52. The van der Waals surface area contributed by atoms with Gasteiger partial charge in [-0.25, -0.2) is 0 Å². The Morgan fingerprint density at radius 1 is 1.18 bits per heavy atom. The van der Waals surface area contributed by atoms with Crippen LogP contribution in [0.1, 0.15) is 36.8 Å². The number of likely N-dealkylation sites (N-methyl/N-ethyl adjacent to an activating group) is 1. The van der Waals surface area contributed by atoms with Gasteiger partial charge in [-0.3, -0.25) is 9.59 Å². The van der Waals surface area contributed by atoms with Crippen LogP contribution in [0.2, 0.25) is 0 Å². The van der Waals surface area contributed by atoms with Gasteiger partial charge in [-0.15, -0.1) is 0 Å². The lowest BCUT2D eigenvalue weighted by atomic mass is 9.88. The molecule has 6 heteroatoms. The zero-order valence-electron chi connectivity index (χ0n) is 16.9. The smallest absolute Gasteiger partial charge is 0.250 e. The third-order valence-electron chi connectivity index (χ3n) is 6.22. The fourth-order valence-corrected chi connectivity index (χ4v) is 4.36. The first-order valence-corrected chi connectivity index (χ1v) is 10.4. The minimum atomic E-state index is -0.463. The van der Waals surface area contributed by atoms with E-state index in [-0.39, 0.29) is 17.4 Å². The van der Waals surface area contributed by atoms with Gasteiger partial charge in [-0.1, -0.05) is 29.8 Å². The summed E-state index contributed by atoms with van der Waals surface area (Å²) in [7, 11) is 2.05. The minimum absolute atomic E-state index is 0.0528. The number of aryl methyl sites for hydroxylation is 1. The van der Waals surface area contributed by atoms with Gasteiger partial charge in [0.2, 0.25) is 5.91 Å². The van der Waals surface area contributed by atoms with Crippen LogP contribution in [0, 0.1) is 12.8 Å². The topological polar surface area (TPSA) is 61.9 Å². The van der Waals surface area contributed by atoms with E-state index in [0.717, 1.165) is 50.9 Å². The van der Waals surface area contributed by atoms with E-state index in [1.165, 1.54) is 5.56 Å². The van der Waals surface area contributed by atoms with Gasteiger partial charge in [-0.2, -0.15) is 0 Å². The number of carbonyl (C=O) groups excluding carboxylic acids is 2. The Labute approximate surface area is 167 Å². The second-order valence-corrected chi connectivity index (χ2v) is 8.79. The van der Waals surface area contributed by atoms with E-state index in [1.807, 2.05) is 24.1 Å². The summed E-state index contributed by atoms with van der Waals surface area (Å²) in [5.41, 5.74) is 1.98. The Balaban J connectivity index is 1.33. The van der Waals surface area contributed by atoms with Crippen LogP contribution in [0.3, 0.4) is 0 Å². The molecule has 28 heavy (non-hydrogen) atoms. The van der Waals surface area contributed by atoms with E-state index in [9.17, 15) is 9.59 Å². The zero-order chi connectivity index (χ0) is 19.7. The van der Waals surface area contributed by atoms with Crippen LogP contribution in [0.15, 0.2) is 24.3 Å². The van der Waals surface area contributed by atoms with Gasteiger partial charge in [0.15, 0.2) is 0 Å². The summed E-state index contributed by atoms with van der Waals surface area (Å²) in [6, 6.07) is 8.19. The molecule has 1 aromatic rings. The summed E-state index contributed by atoms with van der Waals surface area (Å²) >= 11 is 0. The molecule has 1 spiro atoms. The Bertz CT molecular complexity index is 721. The molecule has 1 N–H and O–H groups in total. The summed E-state index contributed by atoms with van der Waals surface area (Å²) < 4.78 is 6.37. The van der Waals surface area contributed by atoms with Crippen molar-refractivity contribution in [1.82, 2.24) is 15.1 Å². The molecule has 0 bridgehead atoms. The first-order chi connectivity index (χ1) is 13.4. The Kier molecular flexibility index (Phi) is 5.43. The van der Waals surface area contributed by atoms with Crippen LogP contribution in [0.5, 0.6) is 0 Å². The van der Waals surface area contributed by atoms with Gasteiger partial charge in [-0.05, 0) is 45.2 Å². The molecular weight excluding hydrogens is 354 g/mol. The van der Waals surface area contributed by atoms with E-state index in [1.54, 1.807) is 0 Å². The number of rotatable bonds is 4. The highest BCUT2D eigenvalue weighted by Crippen LogP contribution is 2.36. The molecule has 2 amide bonds. The average molecular weight is 386 g/mol. The number of benzene rings is 1. The van der Waals surface area contributed by atoms with E-state index in [2.05, 4.69) is 29.3 Å². The molecule has 2 heterocycles. The van der Waals surface area contributed by atoms with Crippen molar-refractivity contribution < 1.29 is 14.3 Å². The van der Waals surface area contributed by atoms with Crippen LogP contribution >= 0.6 is 0 Å². The van der Waals surface area contributed by atoms with E-state index >= 15 is 0 Å². The molecule has 2 aliphatic heterocycles. The van der Waals surface area contributed by atoms with Gasteiger partial charge in [0.1, 0.15) is 6.10 Å². The lowest BCUT2D eigenvalue weighted by Crippen LogP contribution is -2.61. The number of nitrogens with one attached hydrogen (secondary N) is 1. The number of morpholine rings is 1. The molecule has 1 aliphatic carbocycles. The summed E-state index contributed by atoms with van der Waals surface area (Å²) in [5, 5.41) is 3.03. The van der Waals surface area contributed by atoms with Crippen LogP contribution in [0.25, 0.3) is 0 Å². The summed E-state index contributed by atoms with van der Waals surface area (Å²) in [6.07, 6.45) is 3.23. The van der Waals surface area contributed by atoms with Crippen molar-refractivity contribution in [3.63, 3.8) is 0 Å². The lowest BCUT2D eigenvalue weighted by molar-refractivity contribution is -0.183. The number of carbonyl (C=O) groups is 2. The van der Waals surface area contributed by atoms with Crippen LogP contribution in [-0.2, 0) is 20.9 Å². The maximum Gasteiger partial charge on any atom is 0.250 e. The lowest BCUT2D eigenvalue weighted by Gasteiger charge is -2.48. The highest BCUT2D eigenvalue weighted by Gasteiger charge is 2.45. The number of piperidine rings is 1. The predicted octanol–water partition coefficient (Wildman–Crippen LogP) is 1.71. The first-order valence-electron chi connectivity index (χ1n) is 10.4. The molecule has 0 aromatic heterocycles. The molecule has 152 valence electrons. The fraction of sp³-hybridized carbons (Fsp3) is 0.636. The number of hydrogen-bond donors (Lipinski definition) is 1. The molecular formula is C22H31N3O3. The molecule has 1 atom stereocenters. The van der Waals surface area contributed by atoms with Crippen molar-refractivity contribution in [2.75, 3.05) is 33.2 Å². The normalized spacial score (nSPS) is 24.9. The summed E-state index contributed by atoms with van der Waals surface area (Å²) in [4.78, 5) is 29.3. The molecule has 0 radical (unpaired) electrons. The van der Waals surface area contributed by atoms with Gasteiger partial charge >= 0.3 is 0 Å². The quantitative estimate of drug-likeness (QED) is 0.857. The predicted molar refractivity (Wildman–Crippen MR) is 107 cm³/mol. The standard InChI is InChI=1S/C22H31N3O3/c1-16-3-5-17(6-4-16)13-23-20(26)19-14-24(2)15-22(28-19)9-11-25(12-10-22)21(27)18-7-8-18/h3-6,18-19H,7-15H2,1-2H3,(H,23,26)/t19-/m0/s1. The van der Waals surface area contributed by atoms with Crippen LogP contribution < -0.4 is 5.32 Å². The van der Waals surface area contributed by atoms with Gasteiger partial charge in [0.25, 0.3) is 5.91 Å².